The third-order valence-electron chi connectivity index (χ3n) is 1.36. The average Bonchev–Trinajstić information content (AvgIpc) is 2.36. The van der Waals surface area contributed by atoms with Gasteiger partial charge in [0.25, 0.3) is 0 Å². The van der Waals surface area contributed by atoms with Gasteiger partial charge in [-0.1, -0.05) is 0 Å². The van der Waals surface area contributed by atoms with E-state index >= 15 is 0 Å². The second-order valence-electron chi connectivity index (χ2n) is 2.35. The molecule has 0 aliphatic heterocycles. The fourth-order valence-corrected chi connectivity index (χ4v) is 1.49. The summed E-state index contributed by atoms with van der Waals surface area (Å²) in [5, 5.41) is 3.02. The number of hydrogen-bond acceptors (Lipinski definition) is 4. The topological polar surface area (TPSA) is 48.1 Å². The van der Waals surface area contributed by atoms with E-state index in [0.717, 1.165) is 10.7 Å². The lowest BCUT2D eigenvalue weighted by molar-refractivity contribution is 0.180. The molecule has 2 N–H and O–H groups in total. The van der Waals surface area contributed by atoms with Crippen LogP contribution in [0.1, 0.15) is 16.7 Å². The molecule has 0 aromatic carbocycles. The van der Waals surface area contributed by atoms with E-state index in [1.54, 1.807) is 18.4 Å². The fourth-order valence-electron chi connectivity index (χ4n) is 0.815. The van der Waals surface area contributed by atoms with Crippen LogP contribution in [0.3, 0.4) is 0 Å². The molecule has 0 aliphatic rings. The molecule has 4 heteroatoms. The van der Waals surface area contributed by atoms with E-state index in [4.69, 9.17) is 10.5 Å². The maximum absolute atomic E-state index is 5.74. The van der Waals surface area contributed by atoms with Crippen LogP contribution in [0.25, 0.3) is 0 Å². The molecule has 1 unspecified atom stereocenters. The van der Waals surface area contributed by atoms with E-state index in [2.05, 4.69) is 4.98 Å². The minimum Gasteiger partial charge on any atom is -0.383 e. The average molecular weight is 172 g/mol. The molecule has 1 heterocycles. The largest absolute Gasteiger partial charge is 0.383 e. The van der Waals surface area contributed by atoms with E-state index in [0.29, 0.717) is 6.61 Å². The third-order valence-corrected chi connectivity index (χ3v) is 2.15. The van der Waals surface area contributed by atoms with Crippen LogP contribution in [0.5, 0.6) is 0 Å². The van der Waals surface area contributed by atoms with Gasteiger partial charge in [-0.2, -0.15) is 0 Å². The molecule has 0 spiro atoms. The number of rotatable bonds is 3. The Morgan fingerprint density at radius 1 is 1.82 bits per heavy atom. The van der Waals surface area contributed by atoms with Gasteiger partial charge < -0.3 is 10.5 Å². The molecule has 0 aliphatic carbocycles. The molecule has 0 saturated heterocycles. The lowest BCUT2D eigenvalue weighted by Gasteiger charge is -2.05. The molecule has 62 valence electrons. The first-order valence-corrected chi connectivity index (χ1v) is 4.28. The van der Waals surface area contributed by atoms with Gasteiger partial charge in [-0.05, 0) is 6.92 Å². The highest BCUT2D eigenvalue weighted by Crippen LogP contribution is 2.13. The maximum Gasteiger partial charge on any atom is 0.0898 e. The number of aromatic nitrogens is 1. The van der Waals surface area contributed by atoms with E-state index in [-0.39, 0.29) is 6.04 Å². The molecule has 0 fully saturated rings. The summed E-state index contributed by atoms with van der Waals surface area (Å²) in [6, 6.07) is -0.0788. The molecule has 1 aromatic heterocycles. The Balaban J connectivity index is 2.60. The minimum absolute atomic E-state index is 0.0788. The van der Waals surface area contributed by atoms with Crippen LogP contribution in [0.15, 0.2) is 5.38 Å². The summed E-state index contributed by atoms with van der Waals surface area (Å²) in [6.45, 7) is 2.50. The number of aryl methyl sites for hydroxylation is 1. The Morgan fingerprint density at radius 2 is 2.55 bits per heavy atom. The van der Waals surface area contributed by atoms with Gasteiger partial charge in [-0.15, -0.1) is 11.3 Å². The normalized spacial score (nSPS) is 13.4. The summed E-state index contributed by atoms with van der Waals surface area (Å²) in [7, 11) is 1.64. The van der Waals surface area contributed by atoms with Crippen molar-refractivity contribution in [1.82, 2.24) is 4.98 Å². The lowest BCUT2D eigenvalue weighted by Crippen LogP contribution is -2.16. The first kappa shape index (κ1) is 8.64. The number of hydrogen-bond donors (Lipinski definition) is 1. The van der Waals surface area contributed by atoms with Crippen LogP contribution in [-0.4, -0.2) is 18.7 Å². The van der Waals surface area contributed by atoms with Crippen molar-refractivity contribution in [2.45, 2.75) is 13.0 Å². The zero-order valence-corrected chi connectivity index (χ0v) is 7.52. The second-order valence-corrected chi connectivity index (χ2v) is 3.42. The first-order valence-electron chi connectivity index (χ1n) is 3.40. The van der Waals surface area contributed by atoms with Crippen molar-refractivity contribution in [3.63, 3.8) is 0 Å². The van der Waals surface area contributed by atoms with Crippen molar-refractivity contribution in [2.24, 2.45) is 5.73 Å². The van der Waals surface area contributed by atoms with Crippen molar-refractivity contribution >= 4 is 11.3 Å². The monoisotopic (exact) mass is 172 g/mol. The van der Waals surface area contributed by atoms with Crippen molar-refractivity contribution in [1.29, 1.82) is 0 Å². The molecule has 3 nitrogen and oxygen atoms in total. The van der Waals surface area contributed by atoms with Gasteiger partial charge in [0, 0.05) is 12.5 Å². The van der Waals surface area contributed by atoms with Gasteiger partial charge in [-0.25, -0.2) is 4.98 Å². The van der Waals surface area contributed by atoms with Gasteiger partial charge in [0.2, 0.25) is 0 Å². The van der Waals surface area contributed by atoms with Crippen molar-refractivity contribution in [2.75, 3.05) is 13.7 Å². The molecule has 1 rings (SSSR count). The summed E-state index contributed by atoms with van der Waals surface area (Å²) < 4.78 is 4.91. The zero-order chi connectivity index (χ0) is 8.27. The van der Waals surface area contributed by atoms with E-state index in [9.17, 15) is 0 Å². The van der Waals surface area contributed by atoms with E-state index < -0.39 is 0 Å². The Hall–Kier alpha value is -0.450. The maximum atomic E-state index is 5.74. The number of ether oxygens (including phenoxy) is 1. The summed E-state index contributed by atoms with van der Waals surface area (Å²) in [5.41, 5.74) is 6.66. The van der Waals surface area contributed by atoms with Gasteiger partial charge in [0.15, 0.2) is 0 Å². The predicted molar refractivity (Wildman–Crippen MR) is 45.7 cm³/mol. The summed E-state index contributed by atoms with van der Waals surface area (Å²) in [4.78, 5) is 4.24. The smallest absolute Gasteiger partial charge is 0.0898 e. The molecule has 11 heavy (non-hydrogen) atoms. The zero-order valence-electron chi connectivity index (χ0n) is 6.70. The van der Waals surface area contributed by atoms with Gasteiger partial charge >= 0.3 is 0 Å². The molecule has 0 saturated carbocycles. The number of methoxy groups -OCH3 is 1. The molecule has 0 radical (unpaired) electrons. The Kier molecular flexibility index (Phi) is 2.99. The Bertz CT molecular complexity index is 224. The quantitative estimate of drug-likeness (QED) is 0.742. The summed E-state index contributed by atoms with van der Waals surface area (Å²) in [6.07, 6.45) is 0. The SMILES string of the molecule is COCC(N)c1csc(C)n1. The molecule has 0 bridgehead atoms. The lowest BCUT2D eigenvalue weighted by atomic mass is 10.3. The van der Waals surface area contributed by atoms with Crippen molar-refractivity contribution in [3.8, 4) is 0 Å². The van der Waals surface area contributed by atoms with Crippen molar-refractivity contribution < 1.29 is 4.74 Å². The van der Waals surface area contributed by atoms with Crippen LogP contribution >= 0.6 is 11.3 Å². The summed E-state index contributed by atoms with van der Waals surface area (Å²) in [5.74, 6) is 0. The van der Waals surface area contributed by atoms with Crippen molar-refractivity contribution in [3.05, 3.63) is 16.1 Å². The van der Waals surface area contributed by atoms with E-state index in [1.165, 1.54) is 0 Å². The van der Waals surface area contributed by atoms with Crippen LogP contribution < -0.4 is 5.73 Å². The Labute approximate surface area is 70.2 Å². The highest BCUT2D eigenvalue weighted by atomic mass is 32.1. The molecule has 1 atom stereocenters. The molecular formula is C7H12N2OS. The van der Waals surface area contributed by atoms with Crippen LogP contribution in [-0.2, 0) is 4.74 Å². The van der Waals surface area contributed by atoms with Crippen LogP contribution in [0.4, 0.5) is 0 Å². The highest BCUT2D eigenvalue weighted by molar-refractivity contribution is 7.09. The summed E-state index contributed by atoms with van der Waals surface area (Å²) >= 11 is 1.61. The number of nitrogens with zero attached hydrogens (tertiary/aromatic N) is 1. The fraction of sp³-hybridized carbons (Fsp3) is 0.571. The predicted octanol–water partition coefficient (Wildman–Crippen LogP) is 1.10. The van der Waals surface area contributed by atoms with Gasteiger partial charge in [0.05, 0.1) is 23.4 Å². The Morgan fingerprint density at radius 3 is 3.00 bits per heavy atom. The standard InChI is InChI=1S/C7H12N2OS/c1-5-9-7(4-11-5)6(8)3-10-2/h4,6H,3,8H2,1-2H3. The van der Waals surface area contributed by atoms with Gasteiger partial charge in [0.1, 0.15) is 0 Å². The molecular weight excluding hydrogens is 160 g/mol. The number of thiazole rings is 1. The number of nitrogens with two attached hydrogens (primary N) is 1. The van der Waals surface area contributed by atoms with Crippen LogP contribution in [0, 0.1) is 6.92 Å². The first-order chi connectivity index (χ1) is 5.24. The van der Waals surface area contributed by atoms with Gasteiger partial charge in [-0.3, -0.25) is 0 Å². The van der Waals surface area contributed by atoms with Crippen LogP contribution in [0.2, 0.25) is 0 Å². The minimum atomic E-state index is -0.0788. The molecule has 0 amide bonds. The third kappa shape index (κ3) is 2.25. The second kappa shape index (κ2) is 3.80. The van der Waals surface area contributed by atoms with E-state index in [1.807, 2.05) is 12.3 Å². The molecule has 1 aromatic rings. The highest BCUT2D eigenvalue weighted by Gasteiger charge is 2.07.